The van der Waals surface area contributed by atoms with Gasteiger partial charge in [0.05, 0.1) is 0 Å². The number of aliphatic hydroxyl groups is 1. The van der Waals surface area contributed by atoms with Crippen molar-refractivity contribution in [3.8, 4) is 5.75 Å². The molecule has 0 bridgehead atoms. The maximum atomic E-state index is 14.4. The van der Waals surface area contributed by atoms with Gasteiger partial charge in [-0.3, -0.25) is 9.59 Å². The number of fused-ring (bicyclic) bond motifs is 3. The number of aliphatic hydroxyl groups excluding tert-OH is 1. The molecule has 1 fully saturated rings. The molecule has 0 aliphatic carbocycles. The number of benzene rings is 1. The van der Waals surface area contributed by atoms with Gasteiger partial charge in [-0.05, 0) is 30.9 Å². The molecule has 30 heavy (non-hydrogen) atoms. The molecular formula is C21H27FN2O6. The van der Waals surface area contributed by atoms with Crippen LogP contribution in [0.2, 0.25) is 0 Å². The molecule has 0 saturated carbocycles. The quantitative estimate of drug-likeness (QED) is 0.351. The lowest BCUT2D eigenvalue weighted by molar-refractivity contribution is -0.144. The van der Waals surface area contributed by atoms with E-state index in [1.807, 2.05) is 0 Å². The molecule has 1 aromatic rings. The first-order valence-corrected chi connectivity index (χ1v) is 9.91. The van der Waals surface area contributed by atoms with Gasteiger partial charge in [0.2, 0.25) is 11.6 Å². The van der Waals surface area contributed by atoms with E-state index in [-0.39, 0.29) is 24.2 Å². The molecule has 1 aromatic carbocycles. The first kappa shape index (κ1) is 22.2. The fraction of sp³-hybridized carbons (Fsp3) is 0.571. The van der Waals surface area contributed by atoms with E-state index in [4.69, 9.17) is 4.74 Å². The summed E-state index contributed by atoms with van der Waals surface area (Å²) >= 11 is 0. The Labute approximate surface area is 174 Å². The number of ether oxygens (including phenoxy) is 1. The second-order valence-electron chi connectivity index (χ2n) is 8.35. The van der Waals surface area contributed by atoms with Crippen molar-refractivity contribution in [2.75, 3.05) is 19.0 Å². The highest BCUT2D eigenvalue weighted by molar-refractivity contribution is 6.39. The van der Waals surface area contributed by atoms with Crippen LogP contribution in [0.1, 0.15) is 48.7 Å². The number of halogens is 1. The number of nitrogens with one attached hydrogen (secondary N) is 1. The number of hydrogen-bond donors (Lipinski definition) is 3. The van der Waals surface area contributed by atoms with Crippen LogP contribution < -0.4 is 10.2 Å². The lowest BCUT2D eigenvalue weighted by Gasteiger charge is -2.25. The summed E-state index contributed by atoms with van der Waals surface area (Å²) in [6.45, 7) is 3.19. The number of Topliss-reactive ketones (excluding diaryl/α,β-unsaturated/α-hetero) is 2. The third-order valence-corrected chi connectivity index (χ3v) is 5.86. The van der Waals surface area contributed by atoms with Gasteiger partial charge in [0.1, 0.15) is 23.6 Å². The van der Waals surface area contributed by atoms with Gasteiger partial charge < -0.3 is 25.2 Å². The van der Waals surface area contributed by atoms with Crippen LogP contribution in [0.25, 0.3) is 0 Å². The number of rotatable bonds is 1. The van der Waals surface area contributed by atoms with Crippen LogP contribution in [0, 0.1) is 5.92 Å². The second kappa shape index (κ2) is 8.31. The van der Waals surface area contributed by atoms with Crippen molar-refractivity contribution in [3.63, 3.8) is 0 Å². The average molecular weight is 422 g/mol. The first-order chi connectivity index (χ1) is 14.0. The smallest absolute Gasteiger partial charge is 0.342 e. The zero-order chi connectivity index (χ0) is 22.3. The van der Waals surface area contributed by atoms with Crippen molar-refractivity contribution in [2.45, 2.75) is 57.2 Å². The van der Waals surface area contributed by atoms with Crippen LogP contribution in [-0.4, -0.2) is 66.3 Å². The number of nitrogens with zero attached hydrogens (tertiary/aromatic N) is 1. The number of carbonyl (C=O) groups is 3. The molecule has 8 nitrogen and oxygen atoms in total. The second-order valence-corrected chi connectivity index (χ2v) is 8.35. The van der Waals surface area contributed by atoms with Crippen LogP contribution in [0.4, 0.5) is 10.1 Å². The predicted octanol–water partition coefficient (Wildman–Crippen LogP) is 1.28. The molecule has 164 valence electrons. The van der Waals surface area contributed by atoms with Gasteiger partial charge in [-0.15, -0.1) is 0 Å². The van der Waals surface area contributed by atoms with Gasteiger partial charge in [0.25, 0.3) is 0 Å². The molecule has 2 heterocycles. The summed E-state index contributed by atoms with van der Waals surface area (Å²) in [7, 11) is 3.56. The molecule has 0 amide bonds. The molecule has 2 aliphatic rings. The molecule has 9 heteroatoms. The lowest BCUT2D eigenvalue weighted by Crippen LogP contribution is -2.39. The van der Waals surface area contributed by atoms with Crippen LogP contribution in [0.5, 0.6) is 5.75 Å². The molecule has 0 spiro atoms. The maximum Gasteiger partial charge on any atom is 0.342 e. The number of hydrogen-bond acceptors (Lipinski definition) is 8. The molecule has 2 aliphatic heterocycles. The third-order valence-electron chi connectivity index (χ3n) is 5.86. The topological polar surface area (TPSA) is 126 Å². The first-order valence-electron chi connectivity index (χ1n) is 9.91. The number of cyclic esters (lactones) is 1. The SMILES string of the molecule is C[C@@H]1CC(F)C(O)C(=O)C(=O)CC2NC2c2cc(N(C)C)cc(O)c2C(=O)O[C@H]1C. The highest BCUT2D eigenvalue weighted by Crippen LogP contribution is 2.40. The van der Waals surface area contributed by atoms with Gasteiger partial charge in [-0.2, -0.15) is 0 Å². The van der Waals surface area contributed by atoms with E-state index < -0.39 is 53.9 Å². The minimum Gasteiger partial charge on any atom is -0.507 e. The molecule has 1 saturated heterocycles. The number of phenols is 1. The molecule has 0 aromatic heterocycles. The number of aromatic hydroxyl groups is 1. The molecule has 0 radical (unpaired) electrons. The zero-order valence-electron chi connectivity index (χ0n) is 17.4. The fourth-order valence-corrected chi connectivity index (χ4v) is 3.67. The highest BCUT2D eigenvalue weighted by atomic mass is 19.1. The maximum absolute atomic E-state index is 14.4. The number of carbonyl (C=O) groups excluding carboxylic acids is 3. The molecule has 3 N–H and O–H groups in total. The normalized spacial score (nSPS) is 32.5. The van der Waals surface area contributed by atoms with Gasteiger partial charge in [-0.25, -0.2) is 9.18 Å². The Morgan fingerprint density at radius 2 is 1.87 bits per heavy atom. The molecule has 3 rings (SSSR count). The van der Waals surface area contributed by atoms with Gasteiger partial charge in [0.15, 0.2) is 6.10 Å². The van der Waals surface area contributed by atoms with Crippen molar-refractivity contribution >= 4 is 23.2 Å². The Morgan fingerprint density at radius 1 is 1.20 bits per heavy atom. The van der Waals surface area contributed by atoms with E-state index in [0.717, 1.165) is 0 Å². The third kappa shape index (κ3) is 4.32. The number of phenolic OH excluding ortho intramolecular Hbond substituents is 1. The summed E-state index contributed by atoms with van der Waals surface area (Å²) in [5, 5.41) is 23.5. The molecular weight excluding hydrogens is 395 g/mol. The van der Waals surface area contributed by atoms with E-state index in [2.05, 4.69) is 5.32 Å². The summed E-state index contributed by atoms with van der Waals surface area (Å²) in [6.07, 6.45) is -5.26. The Hall–Kier alpha value is -2.52. The van der Waals surface area contributed by atoms with Crippen molar-refractivity contribution in [3.05, 3.63) is 23.3 Å². The standard InChI is InChI=1S/C21H27FN2O6/c1-9-5-13(22)19(27)20(28)16(26)8-14-18(23-14)12-6-11(24(3)4)7-15(25)17(12)21(29)30-10(9)2/h6-7,9-10,13-14,18-19,23,25,27H,5,8H2,1-4H3/t9-,10+,13?,14?,18?,19?/m1/s1. The molecule has 6 atom stereocenters. The monoisotopic (exact) mass is 422 g/mol. The Kier molecular flexibility index (Phi) is 6.14. The van der Waals surface area contributed by atoms with Crippen LogP contribution >= 0.6 is 0 Å². The van der Waals surface area contributed by atoms with Crippen molar-refractivity contribution < 1.29 is 33.7 Å². The van der Waals surface area contributed by atoms with Crippen molar-refractivity contribution in [1.82, 2.24) is 5.32 Å². The Balaban J connectivity index is 2.03. The van der Waals surface area contributed by atoms with E-state index in [1.54, 1.807) is 38.9 Å². The van der Waals surface area contributed by atoms with Crippen molar-refractivity contribution in [1.29, 1.82) is 0 Å². The highest BCUT2D eigenvalue weighted by Gasteiger charge is 2.45. The van der Waals surface area contributed by atoms with E-state index in [1.165, 1.54) is 6.07 Å². The summed E-state index contributed by atoms with van der Waals surface area (Å²) in [5.74, 6) is -3.59. The number of alkyl halides is 1. The van der Waals surface area contributed by atoms with E-state index in [0.29, 0.717) is 11.3 Å². The van der Waals surface area contributed by atoms with Crippen molar-refractivity contribution in [2.24, 2.45) is 5.92 Å². The van der Waals surface area contributed by atoms with Crippen LogP contribution in [0.3, 0.4) is 0 Å². The van der Waals surface area contributed by atoms with E-state index >= 15 is 0 Å². The summed E-state index contributed by atoms with van der Waals surface area (Å²) < 4.78 is 19.9. The number of ketones is 2. The lowest BCUT2D eigenvalue weighted by atomic mass is 9.92. The predicted molar refractivity (Wildman–Crippen MR) is 106 cm³/mol. The Morgan fingerprint density at radius 3 is 2.50 bits per heavy atom. The minimum absolute atomic E-state index is 0.0210. The number of anilines is 1. The van der Waals surface area contributed by atoms with Gasteiger partial charge >= 0.3 is 5.97 Å². The van der Waals surface area contributed by atoms with Gasteiger partial charge in [0, 0.05) is 44.4 Å². The zero-order valence-corrected chi connectivity index (χ0v) is 17.4. The average Bonchev–Trinajstić information content (AvgIpc) is 3.43. The minimum atomic E-state index is -2.04. The van der Waals surface area contributed by atoms with E-state index in [9.17, 15) is 29.0 Å². The van der Waals surface area contributed by atoms with Gasteiger partial charge in [-0.1, -0.05) is 6.92 Å². The number of esters is 1. The summed E-state index contributed by atoms with van der Waals surface area (Å²) in [4.78, 5) is 39.1. The van der Waals surface area contributed by atoms with Crippen LogP contribution in [-0.2, 0) is 14.3 Å². The van der Waals surface area contributed by atoms with Crippen LogP contribution in [0.15, 0.2) is 12.1 Å². The Bertz CT molecular complexity index is 873. The largest absolute Gasteiger partial charge is 0.507 e. The fourth-order valence-electron chi connectivity index (χ4n) is 3.67. The summed E-state index contributed by atoms with van der Waals surface area (Å²) in [6, 6.07) is 2.21. The molecule has 4 unspecified atom stereocenters. The summed E-state index contributed by atoms with van der Waals surface area (Å²) in [5.41, 5.74) is 1.08.